The summed E-state index contributed by atoms with van der Waals surface area (Å²) in [5.74, 6) is 2.49. The lowest BCUT2D eigenvalue weighted by atomic mass is 10.2. The number of rotatable bonds is 8. The van der Waals surface area contributed by atoms with Gasteiger partial charge in [-0.2, -0.15) is 11.8 Å². The molecule has 1 N–H and O–H groups in total. The summed E-state index contributed by atoms with van der Waals surface area (Å²) < 4.78 is 0. The van der Waals surface area contributed by atoms with Gasteiger partial charge in [0.1, 0.15) is 0 Å². The van der Waals surface area contributed by atoms with Gasteiger partial charge in [0.05, 0.1) is 0 Å². The first-order chi connectivity index (χ1) is 8.22. The molecule has 96 valence electrons. The zero-order valence-electron chi connectivity index (χ0n) is 11.0. The van der Waals surface area contributed by atoms with Crippen molar-refractivity contribution in [2.24, 2.45) is 0 Å². The van der Waals surface area contributed by atoms with Crippen molar-refractivity contribution in [3.63, 3.8) is 0 Å². The van der Waals surface area contributed by atoms with E-state index in [0.717, 1.165) is 6.54 Å². The molecule has 0 aliphatic rings. The molecule has 0 saturated carbocycles. The molecular formula is C14H23NS2. The largest absolute Gasteiger partial charge is 0.310 e. The molecule has 1 rings (SSSR count). The van der Waals surface area contributed by atoms with Crippen LogP contribution in [0.5, 0.6) is 0 Å². The molecule has 1 aromatic carbocycles. The lowest BCUT2D eigenvalue weighted by Crippen LogP contribution is -2.21. The van der Waals surface area contributed by atoms with Crippen molar-refractivity contribution in [3.05, 3.63) is 29.8 Å². The monoisotopic (exact) mass is 269 g/mol. The number of nitrogens with one attached hydrogen (secondary N) is 1. The third-order valence-corrected chi connectivity index (χ3v) is 4.15. The van der Waals surface area contributed by atoms with Gasteiger partial charge in [-0.3, -0.25) is 0 Å². The van der Waals surface area contributed by atoms with Crippen molar-refractivity contribution >= 4 is 23.5 Å². The average molecular weight is 269 g/mol. The number of benzene rings is 1. The normalized spacial score (nSPS) is 11.1. The van der Waals surface area contributed by atoms with Crippen LogP contribution in [0.1, 0.15) is 25.8 Å². The first kappa shape index (κ1) is 14.9. The fourth-order valence-electron chi connectivity index (χ4n) is 1.46. The van der Waals surface area contributed by atoms with Gasteiger partial charge in [-0.15, -0.1) is 11.8 Å². The number of thioether (sulfide) groups is 2. The van der Waals surface area contributed by atoms with Crippen LogP contribution < -0.4 is 5.32 Å². The Balaban J connectivity index is 2.37. The summed E-state index contributed by atoms with van der Waals surface area (Å²) in [4.78, 5) is 1.40. The Kier molecular flexibility index (Phi) is 7.82. The highest BCUT2D eigenvalue weighted by molar-refractivity contribution is 7.99. The summed E-state index contributed by atoms with van der Waals surface area (Å²) in [6.45, 7) is 5.33. The van der Waals surface area contributed by atoms with Crippen molar-refractivity contribution in [3.8, 4) is 0 Å². The Morgan fingerprint density at radius 2 is 2.06 bits per heavy atom. The van der Waals surface area contributed by atoms with Crippen LogP contribution in [0.25, 0.3) is 0 Å². The van der Waals surface area contributed by atoms with Crippen LogP contribution in [0.15, 0.2) is 29.2 Å². The van der Waals surface area contributed by atoms with E-state index in [-0.39, 0.29) is 0 Å². The molecule has 3 heteroatoms. The van der Waals surface area contributed by atoms with Crippen molar-refractivity contribution in [2.45, 2.75) is 37.8 Å². The Morgan fingerprint density at radius 1 is 1.24 bits per heavy atom. The minimum atomic E-state index is 0.549. The SMILES string of the molecule is CSCCCSc1cccc(CNC(C)C)c1. The maximum atomic E-state index is 3.45. The van der Waals surface area contributed by atoms with E-state index in [1.165, 1.54) is 28.4 Å². The van der Waals surface area contributed by atoms with Crippen LogP contribution in [0.2, 0.25) is 0 Å². The van der Waals surface area contributed by atoms with Crippen LogP contribution in [-0.2, 0) is 6.54 Å². The van der Waals surface area contributed by atoms with Gasteiger partial charge in [-0.25, -0.2) is 0 Å². The van der Waals surface area contributed by atoms with E-state index in [1.54, 1.807) is 0 Å². The molecule has 0 heterocycles. The van der Waals surface area contributed by atoms with E-state index in [4.69, 9.17) is 0 Å². The van der Waals surface area contributed by atoms with E-state index < -0.39 is 0 Å². The number of hydrogen-bond acceptors (Lipinski definition) is 3. The predicted molar refractivity (Wildman–Crippen MR) is 82.1 cm³/mol. The van der Waals surface area contributed by atoms with Crippen molar-refractivity contribution in [1.29, 1.82) is 0 Å². The first-order valence-electron chi connectivity index (χ1n) is 6.16. The molecule has 0 aliphatic carbocycles. The van der Waals surface area contributed by atoms with Crippen molar-refractivity contribution < 1.29 is 0 Å². The molecule has 0 saturated heterocycles. The lowest BCUT2D eigenvalue weighted by Gasteiger charge is -2.09. The van der Waals surface area contributed by atoms with Crippen LogP contribution in [0.4, 0.5) is 0 Å². The Hall–Kier alpha value is -0.120. The molecule has 1 nitrogen and oxygen atoms in total. The Morgan fingerprint density at radius 3 is 2.76 bits per heavy atom. The summed E-state index contributed by atoms with van der Waals surface area (Å²) in [6, 6.07) is 9.42. The van der Waals surface area contributed by atoms with Gasteiger partial charge < -0.3 is 5.32 Å². The molecule has 0 radical (unpaired) electrons. The van der Waals surface area contributed by atoms with Gasteiger partial charge in [-0.1, -0.05) is 26.0 Å². The third kappa shape index (κ3) is 7.02. The van der Waals surface area contributed by atoms with E-state index in [9.17, 15) is 0 Å². The molecular weight excluding hydrogens is 246 g/mol. The van der Waals surface area contributed by atoms with Gasteiger partial charge in [0, 0.05) is 17.5 Å². The molecule has 17 heavy (non-hydrogen) atoms. The highest BCUT2D eigenvalue weighted by Gasteiger charge is 1.98. The third-order valence-electron chi connectivity index (χ3n) is 2.37. The zero-order valence-corrected chi connectivity index (χ0v) is 12.7. The fraction of sp³-hybridized carbons (Fsp3) is 0.571. The smallest absolute Gasteiger partial charge is 0.0208 e. The van der Waals surface area contributed by atoms with Gasteiger partial charge in [-0.05, 0) is 41.9 Å². The van der Waals surface area contributed by atoms with E-state index >= 15 is 0 Å². The quantitative estimate of drug-likeness (QED) is 0.565. The molecule has 0 unspecified atom stereocenters. The van der Waals surface area contributed by atoms with Crippen molar-refractivity contribution in [2.75, 3.05) is 17.8 Å². The topological polar surface area (TPSA) is 12.0 Å². The molecule has 0 atom stereocenters. The highest BCUT2D eigenvalue weighted by Crippen LogP contribution is 2.20. The van der Waals surface area contributed by atoms with E-state index in [2.05, 4.69) is 49.7 Å². The first-order valence-corrected chi connectivity index (χ1v) is 8.54. The highest BCUT2D eigenvalue weighted by atomic mass is 32.2. The summed E-state index contributed by atoms with van der Waals surface area (Å²) in [5.41, 5.74) is 1.38. The fourth-order valence-corrected chi connectivity index (χ4v) is 3.01. The molecule has 0 amide bonds. The molecule has 1 aromatic rings. The van der Waals surface area contributed by atoms with Gasteiger partial charge in [0.2, 0.25) is 0 Å². The summed E-state index contributed by atoms with van der Waals surface area (Å²) in [5, 5.41) is 3.45. The second-order valence-electron chi connectivity index (χ2n) is 4.38. The average Bonchev–Trinajstić information content (AvgIpc) is 2.33. The summed E-state index contributed by atoms with van der Waals surface area (Å²) in [6.07, 6.45) is 3.46. The van der Waals surface area contributed by atoms with E-state index in [0.29, 0.717) is 6.04 Å². The van der Waals surface area contributed by atoms with E-state index in [1.807, 2.05) is 23.5 Å². The zero-order chi connectivity index (χ0) is 12.5. The Bertz CT molecular complexity index is 313. The molecule has 0 fully saturated rings. The number of hydrogen-bond donors (Lipinski definition) is 1. The second-order valence-corrected chi connectivity index (χ2v) is 6.53. The van der Waals surface area contributed by atoms with Crippen LogP contribution in [0.3, 0.4) is 0 Å². The minimum absolute atomic E-state index is 0.549. The van der Waals surface area contributed by atoms with Gasteiger partial charge in [0.15, 0.2) is 0 Å². The van der Waals surface area contributed by atoms with Gasteiger partial charge in [0.25, 0.3) is 0 Å². The summed E-state index contributed by atoms with van der Waals surface area (Å²) in [7, 11) is 0. The van der Waals surface area contributed by atoms with Gasteiger partial charge >= 0.3 is 0 Å². The lowest BCUT2D eigenvalue weighted by molar-refractivity contribution is 0.588. The van der Waals surface area contributed by atoms with Crippen LogP contribution in [0, 0.1) is 0 Å². The molecule has 0 aliphatic heterocycles. The van der Waals surface area contributed by atoms with Crippen molar-refractivity contribution in [1.82, 2.24) is 5.32 Å². The maximum Gasteiger partial charge on any atom is 0.0208 e. The Labute approximate surface area is 114 Å². The maximum absolute atomic E-state index is 3.45. The molecule has 0 aromatic heterocycles. The predicted octanol–water partition coefficient (Wildman–Crippen LogP) is 4.03. The molecule has 0 bridgehead atoms. The van der Waals surface area contributed by atoms with Crippen LogP contribution in [-0.4, -0.2) is 23.8 Å². The van der Waals surface area contributed by atoms with Crippen LogP contribution >= 0.6 is 23.5 Å². The second kappa shape index (κ2) is 8.90. The summed E-state index contributed by atoms with van der Waals surface area (Å²) >= 11 is 3.90. The standard InChI is InChI=1S/C14H23NS2/c1-12(2)15-11-13-6-4-7-14(10-13)17-9-5-8-16-3/h4,6-7,10,12,15H,5,8-9,11H2,1-3H3. The molecule has 0 spiro atoms. The minimum Gasteiger partial charge on any atom is -0.310 e.